The lowest BCUT2D eigenvalue weighted by Crippen LogP contribution is -2.10. The Morgan fingerprint density at radius 3 is 2.00 bits per heavy atom. The standard InChI is InChI=1S/C9H13N.C8H11N/c1-10(2)8-9-6-4-3-5-7-9;1-6-4-3-5-8(9)7(6)2/h3-7H,8H2,1-2H3;3-5H,9H2,1-2H3. The van der Waals surface area contributed by atoms with Crippen molar-refractivity contribution in [3.63, 3.8) is 0 Å². The Morgan fingerprint density at radius 2 is 1.53 bits per heavy atom. The van der Waals surface area contributed by atoms with Crippen LogP contribution in [0.1, 0.15) is 16.7 Å². The molecule has 19 heavy (non-hydrogen) atoms. The number of nitrogens with two attached hydrogens (primary N) is 1. The highest BCUT2D eigenvalue weighted by molar-refractivity contribution is 5.49. The first-order valence-electron chi connectivity index (χ1n) is 6.51. The predicted molar refractivity (Wildman–Crippen MR) is 84.2 cm³/mol. The van der Waals surface area contributed by atoms with Crippen LogP contribution in [0.15, 0.2) is 48.5 Å². The summed E-state index contributed by atoms with van der Waals surface area (Å²) < 4.78 is 0. The second-order valence-corrected chi connectivity index (χ2v) is 5.01. The van der Waals surface area contributed by atoms with Crippen LogP contribution in [-0.2, 0) is 6.54 Å². The zero-order valence-electron chi connectivity index (χ0n) is 12.4. The van der Waals surface area contributed by atoms with Crippen LogP contribution in [0.4, 0.5) is 5.69 Å². The molecule has 0 unspecified atom stereocenters. The summed E-state index contributed by atoms with van der Waals surface area (Å²) in [6.45, 7) is 5.12. The van der Waals surface area contributed by atoms with Gasteiger partial charge < -0.3 is 10.6 Å². The fraction of sp³-hybridized carbons (Fsp3) is 0.294. The first kappa shape index (κ1) is 15.3. The first-order valence-corrected chi connectivity index (χ1v) is 6.51. The van der Waals surface area contributed by atoms with E-state index in [2.05, 4.69) is 56.3 Å². The van der Waals surface area contributed by atoms with Crippen molar-refractivity contribution in [2.75, 3.05) is 19.8 Å². The highest BCUT2D eigenvalue weighted by Crippen LogP contribution is 2.13. The van der Waals surface area contributed by atoms with Gasteiger partial charge in [-0.15, -0.1) is 0 Å². The third-order valence-corrected chi connectivity index (χ3v) is 2.99. The molecule has 2 N–H and O–H groups in total. The molecule has 2 aromatic rings. The fourth-order valence-corrected chi connectivity index (χ4v) is 1.72. The molecule has 0 atom stereocenters. The Labute approximate surface area is 116 Å². The molecule has 0 radical (unpaired) electrons. The van der Waals surface area contributed by atoms with Gasteiger partial charge in [0.25, 0.3) is 0 Å². The number of hydrogen-bond donors (Lipinski definition) is 1. The average molecular weight is 256 g/mol. The summed E-state index contributed by atoms with van der Waals surface area (Å²) in [5.74, 6) is 0. The summed E-state index contributed by atoms with van der Waals surface area (Å²) in [5.41, 5.74) is 10.3. The van der Waals surface area contributed by atoms with E-state index in [9.17, 15) is 0 Å². The minimum absolute atomic E-state index is 0.884. The summed E-state index contributed by atoms with van der Waals surface area (Å²) in [5, 5.41) is 0. The van der Waals surface area contributed by atoms with Crippen molar-refractivity contribution in [1.29, 1.82) is 0 Å². The lowest BCUT2D eigenvalue weighted by molar-refractivity contribution is 0.402. The zero-order chi connectivity index (χ0) is 14.3. The Bertz CT molecular complexity index is 470. The maximum Gasteiger partial charge on any atom is 0.0346 e. The van der Waals surface area contributed by atoms with Gasteiger partial charge >= 0.3 is 0 Å². The molecule has 2 nitrogen and oxygen atoms in total. The van der Waals surface area contributed by atoms with Crippen LogP contribution in [0.2, 0.25) is 0 Å². The van der Waals surface area contributed by atoms with Gasteiger partial charge in [0.05, 0.1) is 0 Å². The highest BCUT2D eigenvalue weighted by atomic mass is 15.0. The van der Waals surface area contributed by atoms with Crippen molar-refractivity contribution in [3.05, 3.63) is 65.2 Å². The van der Waals surface area contributed by atoms with Gasteiger partial charge in [0.1, 0.15) is 0 Å². The van der Waals surface area contributed by atoms with Crippen molar-refractivity contribution >= 4 is 5.69 Å². The van der Waals surface area contributed by atoms with E-state index in [1.54, 1.807) is 0 Å². The number of benzene rings is 2. The van der Waals surface area contributed by atoms with E-state index < -0.39 is 0 Å². The van der Waals surface area contributed by atoms with Crippen LogP contribution in [0.25, 0.3) is 0 Å². The molecule has 0 aromatic heterocycles. The number of nitrogens with zero attached hydrogens (tertiary/aromatic N) is 1. The van der Waals surface area contributed by atoms with E-state index in [1.807, 2.05) is 25.1 Å². The van der Waals surface area contributed by atoms with Gasteiger partial charge in [-0.1, -0.05) is 42.5 Å². The van der Waals surface area contributed by atoms with Gasteiger partial charge in [-0.25, -0.2) is 0 Å². The topological polar surface area (TPSA) is 29.3 Å². The molecule has 2 heteroatoms. The normalized spacial score (nSPS) is 9.95. The minimum Gasteiger partial charge on any atom is -0.399 e. The van der Waals surface area contributed by atoms with E-state index in [0.717, 1.165) is 12.2 Å². The number of rotatable bonds is 2. The number of nitrogen functional groups attached to an aromatic ring is 1. The molecule has 0 aliphatic heterocycles. The summed E-state index contributed by atoms with van der Waals surface area (Å²) in [7, 11) is 4.15. The van der Waals surface area contributed by atoms with Crippen LogP contribution in [0, 0.1) is 13.8 Å². The van der Waals surface area contributed by atoms with Crippen molar-refractivity contribution < 1.29 is 0 Å². The van der Waals surface area contributed by atoms with Crippen molar-refractivity contribution in [3.8, 4) is 0 Å². The third kappa shape index (κ3) is 5.58. The smallest absolute Gasteiger partial charge is 0.0346 e. The molecule has 0 heterocycles. The Hall–Kier alpha value is -1.80. The molecule has 0 bridgehead atoms. The van der Waals surface area contributed by atoms with E-state index in [1.165, 1.54) is 16.7 Å². The van der Waals surface area contributed by atoms with Crippen molar-refractivity contribution in [1.82, 2.24) is 4.90 Å². The van der Waals surface area contributed by atoms with Gasteiger partial charge in [0, 0.05) is 12.2 Å². The molecule has 2 aromatic carbocycles. The zero-order valence-corrected chi connectivity index (χ0v) is 12.4. The molecule has 0 spiro atoms. The molecular formula is C17H24N2. The summed E-state index contributed by atoms with van der Waals surface area (Å²) in [6, 6.07) is 16.4. The van der Waals surface area contributed by atoms with Crippen LogP contribution >= 0.6 is 0 Å². The molecular weight excluding hydrogens is 232 g/mol. The lowest BCUT2D eigenvalue weighted by atomic mass is 10.1. The number of anilines is 1. The summed E-state index contributed by atoms with van der Waals surface area (Å²) >= 11 is 0. The lowest BCUT2D eigenvalue weighted by Gasteiger charge is -2.08. The van der Waals surface area contributed by atoms with Crippen LogP contribution in [-0.4, -0.2) is 19.0 Å². The molecule has 0 saturated carbocycles. The maximum absolute atomic E-state index is 5.62. The van der Waals surface area contributed by atoms with Gasteiger partial charge in [-0.3, -0.25) is 0 Å². The number of hydrogen-bond acceptors (Lipinski definition) is 2. The Morgan fingerprint density at radius 1 is 0.895 bits per heavy atom. The number of aryl methyl sites for hydroxylation is 1. The molecule has 0 fully saturated rings. The van der Waals surface area contributed by atoms with E-state index >= 15 is 0 Å². The molecule has 0 aliphatic rings. The van der Waals surface area contributed by atoms with Gasteiger partial charge in [-0.05, 0) is 50.7 Å². The third-order valence-electron chi connectivity index (χ3n) is 2.99. The van der Waals surface area contributed by atoms with E-state index in [-0.39, 0.29) is 0 Å². The first-order chi connectivity index (χ1) is 9.00. The van der Waals surface area contributed by atoms with Gasteiger partial charge in [0.2, 0.25) is 0 Å². The minimum atomic E-state index is 0.884. The second kappa shape index (κ2) is 7.59. The summed E-state index contributed by atoms with van der Waals surface area (Å²) in [4.78, 5) is 2.16. The highest BCUT2D eigenvalue weighted by Gasteiger charge is 1.92. The molecule has 0 aliphatic carbocycles. The van der Waals surface area contributed by atoms with Crippen LogP contribution in [0.3, 0.4) is 0 Å². The quantitative estimate of drug-likeness (QED) is 0.831. The fourth-order valence-electron chi connectivity index (χ4n) is 1.72. The largest absolute Gasteiger partial charge is 0.399 e. The van der Waals surface area contributed by atoms with E-state index in [4.69, 9.17) is 5.73 Å². The molecule has 0 amide bonds. The van der Waals surface area contributed by atoms with Crippen LogP contribution < -0.4 is 5.73 Å². The summed E-state index contributed by atoms with van der Waals surface area (Å²) in [6.07, 6.45) is 0. The predicted octanol–water partition coefficient (Wildman–Crippen LogP) is 3.63. The Kier molecular flexibility index (Phi) is 6.10. The van der Waals surface area contributed by atoms with E-state index in [0.29, 0.717) is 0 Å². The Balaban J connectivity index is 0.000000191. The van der Waals surface area contributed by atoms with Crippen molar-refractivity contribution in [2.24, 2.45) is 0 Å². The monoisotopic (exact) mass is 256 g/mol. The molecule has 2 rings (SSSR count). The van der Waals surface area contributed by atoms with Gasteiger partial charge in [-0.2, -0.15) is 0 Å². The van der Waals surface area contributed by atoms with Crippen LogP contribution in [0.5, 0.6) is 0 Å². The van der Waals surface area contributed by atoms with Crippen molar-refractivity contribution in [2.45, 2.75) is 20.4 Å². The maximum atomic E-state index is 5.62. The molecule has 102 valence electrons. The van der Waals surface area contributed by atoms with Gasteiger partial charge in [0.15, 0.2) is 0 Å². The second-order valence-electron chi connectivity index (χ2n) is 5.01. The molecule has 0 saturated heterocycles. The average Bonchev–Trinajstić information content (AvgIpc) is 2.37. The SMILES string of the molecule is CN(C)Cc1ccccc1.Cc1cccc(N)c1C.